The van der Waals surface area contributed by atoms with Crippen molar-refractivity contribution in [3.8, 4) is 0 Å². The highest BCUT2D eigenvalue weighted by atomic mass is 14.7. The fraction of sp³-hybridized carbons (Fsp3) is 0.571. The van der Waals surface area contributed by atoms with E-state index in [0.717, 1.165) is 12.8 Å². The van der Waals surface area contributed by atoms with E-state index in [9.17, 15) is 0 Å². The van der Waals surface area contributed by atoms with E-state index in [4.69, 9.17) is 5.73 Å². The zero-order valence-electron chi connectivity index (χ0n) is 10.1. The van der Waals surface area contributed by atoms with Gasteiger partial charge in [-0.25, -0.2) is 0 Å². The first kappa shape index (κ1) is 12.3. The highest BCUT2D eigenvalue weighted by molar-refractivity contribution is 5.21. The Morgan fingerprint density at radius 1 is 1.07 bits per heavy atom. The molecule has 1 aromatic carbocycles. The molecule has 0 saturated heterocycles. The molecular formula is C14H23N. The molecule has 15 heavy (non-hydrogen) atoms. The third-order valence-corrected chi connectivity index (χ3v) is 3.43. The summed E-state index contributed by atoms with van der Waals surface area (Å²) in [4.78, 5) is 0. The van der Waals surface area contributed by atoms with Crippen LogP contribution in [-0.4, -0.2) is 6.04 Å². The number of hydrogen-bond donors (Lipinski definition) is 1. The second kappa shape index (κ2) is 5.92. The van der Waals surface area contributed by atoms with Crippen molar-refractivity contribution in [2.75, 3.05) is 0 Å². The lowest BCUT2D eigenvalue weighted by Crippen LogP contribution is -2.34. The lowest BCUT2D eigenvalue weighted by atomic mass is 9.82. The summed E-state index contributed by atoms with van der Waals surface area (Å²) < 4.78 is 0. The minimum Gasteiger partial charge on any atom is -0.327 e. The van der Waals surface area contributed by atoms with Crippen LogP contribution in [0.4, 0.5) is 0 Å². The lowest BCUT2D eigenvalue weighted by molar-refractivity contribution is 0.375. The highest BCUT2D eigenvalue weighted by Gasteiger charge is 2.21. The number of rotatable bonds is 5. The van der Waals surface area contributed by atoms with Gasteiger partial charge in [0.1, 0.15) is 0 Å². The summed E-state index contributed by atoms with van der Waals surface area (Å²) in [6.07, 6.45) is 2.28. The van der Waals surface area contributed by atoms with Crippen LogP contribution in [0, 0.1) is 5.92 Å². The van der Waals surface area contributed by atoms with Gasteiger partial charge in [-0.3, -0.25) is 0 Å². The molecule has 3 atom stereocenters. The van der Waals surface area contributed by atoms with Gasteiger partial charge >= 0.3 is 0 Å². The van der Waals surface area contributed by atoms with Crippen molar-refractivity contribution in [1.82, 2.24) is 0 Å². The van der Waals surface area contributed by atoms with Gasteiger partial charge in [0.15, 0.2) is 0 Å². The van der Waals surface area contributed by atoms with Crippen LogP contribution in [0.2, 0.25) is 0 Å². The fourth-order valence-corrected chi connectivity index (χ4v) is 2.10. The van der Waals surface area contributed by atoms with Gasteiger partial charge in [0.2, 0.25) is 0 Å². The molecule has 84 valence electrons. The second-order valence-electron chi connectivity index (χ2n) is 4.39. The third-order valence-electron chi connectivity index (χ3n) is 3.43. The van der Waals surface area contributed by atoms with E-state index in [1.807, 2.05) is 0 Å². The average molecular weight is 205 g/mol. The largest absolute Gasteiger partial charge is 0.327 e. The van der Waals surface area contributed by atoms with Crippen LogP contribution in [0.3, 0.4) is 0 Å². The first-order valence-corrected chi connectivity index (χ1v) is 6.01. The Balaban J connectivity index is 2.80. The topological polar surface area (TPSA) is 26.0 Å². The summed E-state index contributed by atoms with van der Waals surface area (Å²) in [5.41, 5.74) is 7.70. The van der Waals surface area contributed by atoms with Crippen molar-refractivity contribution in [2.24, 2.45) is 11.7 Å². The zero-order valence-corrected chi connectivity index (χ0v) is 10.1. The Kier molecular flexibility index (Phi) is 4.83. The molecule has 0 radical (unpaired) electrons. The molecule has 0 bridgehead atoms. The minimum absolute atomic E-state index is 0.280. The molecule has 0 aliphatic rings. The molecule has 0 fully saturated rings. The molecule has 0 aliphatic carbocycles. The second-order valence-corrected chi connectivity index (χ2v) is 4.39. The van der Waals surface area contributed by atoms with Crippen molar-refractivity contribution in [2.45, 2.75) is 45.6 Å². The van der Waals surface area contributed by atoms with E-state index in [1.54, 1.807) is 0 Å². The van der Waals surface area contributed by atoms with Crippen LogP contribution in [0.1, 0.15) is 45.1 Å². The zero-order chi connectivity index (χ0) is 11.3. The predicted molar refractivity (Wildman–Crippen MR) is 66.9 cm³/mol. The van der Waals surface area contributed by atoms with Gasteiger partial charge in [0, 0.05) is 6.04 Å². The maximum absolute atomic E-state index is 6.31. The predicted octanol–water partition coefficient (Wildman–Crippen LogP) is 3.55. The van der Waals surface area contributed by atoms with Gasteiger partial charge < -0.3 is 5.73 Å². The molecule has 1 rings (SSSR count). The molecule has 0 amide bonds. The van der Waals surface area contributed by atoms with Crippen LogP contribution >= 0.6 is 0 Å². The van der Waals surface area contributed by atoms with Gasteiger partial charge in [0.05, 0.1) is 0 Å². The fourth-order valence-electron chi connectivity index (χ4n) is 2.10. The summed E-state index contributed by atoms with van der Waals surface area (Å²) in [6.45, 7) is 6.68. The molecule has 1 aromatic rings. The molecule has 1 nitrogen and oxygen atoms in total. The summed E-state index contributed by atoms with van der Waals surface area (Å²) in [5, 5.41) is 0. The first-order chi connectivity index (χ1) is 7.20. The van der Waals surface area contributed by atoms with Crippen molar-refractivity contribution in [3.05, 3.63) is 35.9 Å². The van der Waals surface area contributed by atoms with E-state index in [-0.39, 0.29) is 6.04 Å². The normalized spacial score (nSPS) is 17.1. The quantitative estimate of drug-likeness (QED) is 0.781. The number of benzene rings is 1. The van der Waals surface area contributed by atoms with E-state index < -0.39 is 0 Å². The van der Waals surface area contributed by atoms with E-state index in [1.165, 1.54) is 5.56 Å². The number of nitrogens with two attached hydrogens (primary N) is 1. The van der Waals surface area contributed by atoms with Gasteiger partial charge in [-0.15, -0.1) is 0 Å². The molecule has 0 aliphatic heterocycles. The lowest BCUT2D eigenvalue weighted by Gasteiger charge is -2.27. The van der Waals surface area contributed by atoms with Crippen LogP contribution < -0.4 is 5.73 Å². The third kappa shape index (κ3) is 3.07. The molecule has 2 N–H and O–H groups in total. The van der Waals surface area contributed by atoms with Gasteiger partial charge in [-0.2, -0.15) is 0 Å². The first-order valence-electron chi connectivity index (χ1n) is 6.01. The molecule has 3 unspecified atom stereocenters. The Bertz CT molecular complexity index is 268. The SMILES string of the molecule is CCC(C)C(N)C(CC)c1ccccc1. The van der Waals surface area contributed by atoms with Crippen molar-refractivity contribution in [3.63, 3.8) is 0 Å². The van der Waals surface area contributed by atoms with Crippen molar-refractivity contribution >= 4 is 0 Å². The van der Waals surface area contributed by atoms with Crippen molar-refractivity contribution < 1.29 is 0 Å². The van der Waals surface area contributed by atoms with Crippen LogP contribution in [0.15, 0.2) is 30.3 Å². The summed E-state index contributed by atoms with van der Waals surface area (Å²) in [7, 11) is 0. The number of hydrogen-bond acceptors (Lipinski definition) is 1. The Labute approximate surface area is 93.7 Å². The van der Waals surface area contributed by atoms with Gasteiger partial charge in [-0.05, 0) is 23.8 Å². The monoisotopic (exact) mass is 205 g/mol. The van der Waals surface area contributed by atoms with Crippen molar-refractivity contribution in [1.29, 1.82) is 0 Å². The Morgan fingerprint density at radius 2 is 1.67 bits per heavy atom. The molecule has 1 heteroatoms. The smallest absolute Gasteiger partial charge is 0.0133 e. The van der Waals surface area contributed by atoms with E-state index in [2.05, 4.69) is 51.1 Å². The standard InChI is InChI=1S/C14H23N/c1-4-11(3)14(15)13(5-2)12-9-7-6-8-10-12/h6-11,13-14H,4-5,15H2,1-3H3. The average Bonchev–Trinajstić information content (AvgIpc) is 2.30. The molecule has 0 saturated carbocycles. The minimum atomic E-state index is 0.280. The summed E-state index contributed by atoms with van der Waals surface area (Å²) in [6, 6.07) is 10.9. The maximum Gasteiger partial charge on any atom is 0.0133 e. The maximum atomic E-state index is 6.31. The van der Waals surface area contributed by atoms with E-state index >= 15 is 0 Å². The van der Waals surface area contributed by atoms with Gasteiger partial charge in [-0.1, -0.05) is 57.5 Å². The molecule has 0 heterocycles. The molecule has 0 aromatic heterocycles. The summed E-state index contributed by atoms with van der Waals surface area (Å²) >= 11 is 0. The Hall–Kier alpha value is -0.820. The summed E-state index contributed by atoms with van der Waals surface area (Å²) in [5.74, 6) is 1.09. The van der Waals surface area contributed by atoms with Gasteiger partial charge in [0.25, 0.3) is 0 Å². The van der Waals surface area contributed by atoms with Crippen LogP contribution in [0.5, 0.6) is 0 Å². The van der Waals surface area contributed by atoms with E-state index in [0.29, 0.717) is 11.8 Å². The Morgan fingerprint density at radius 3 is 2.13 bits per heavy atom. The molecule has 0 spiro atoms. The molecular weight excluding hydrogens is 182 g/mol. The van der Waals surface area contributed by atoms with Crippen LogP contribution in [0.25, 0.3) is 0 Å². The van der Waals surface area contributed by atoms with Crippen LogP contribution in [-0.2, 0) is 0 Å². The highest BCUT2D eigenvalue weighted by Crippen LogP contribution is 2.27.